The number of anilines is 3. The van der Waals surface area contributed by atoms with E-state index in [1.165, 1.54) is 11.3 Å². The highest BCUT2D eigenvalue weighted by Crippen LogP contribution is 2.30. The Labute approximate surface area is 130 Å². The first-order valence-corrected chi connectivity index (χ1v) is 7.23. The summed E-state index contributed by atoms with van der Waals surface area (Å²) in [6.45, 7) is 1.00. The van der Waals surface area contributed by atoms with Gasteiger partial charge >= 0.3 is 0 Å². The van der Waals surface area contributed by atoms with Gasteiger partial charge in [-0.3, -0.25) is 0 Å². The van der Waals surface area contributed by atoms with Crippen molar-refractivity contribution in [1.82, 2.24) is 19.8 Å². The van der Waals surface area contributed by atoms with Crippen molar-refractivity contribution >= 4 is 22.8 Å². The summed E-state index contributed by atoms with van der Waals surface area (Å²) in [6, 6.07) is 9.37. The van der Waals surface area contributed by atoms with Crippen LogP contribution in [0.1, 0.15) is 17.8 Å². The third-order valence-electron chi connectivity index (χ3n) is 3.97. The topological polar surface area (TPSA) is 58.3 Å². The minimum atomic E-state index is -2.72. The Kier molecular flexibility index (Phi) is 3.10. The number of benzene rings is 1. The van der Waals surface area contributed by atoms with Crippen LogP contribution in [0.5, 0.6) is 0 Å². The van der Waals surface area contributed by atoms with Crippen LogP contribution in [-0.2, 0) is 6.42 Å². The minimum absolute atomic E-state index is 0.291. The molecule has 2 aromatic heterocycles. The Balaban J connectivity index is 1.68. The molecule has 1 N–H and O–H groups in total. The minimum Gasteiger partial charge on any atom is -0.374 e. The van der Waals surface area contributed by atoms with Crippen molar-refractivity contribution in [2.75, 3.05) is 23.8 Å². The van der Waals surface area contributed by atoms with Gasteiger partial charge in [0.1, 0.15) is 0 Å². The maximum atomic E-state index is 12.9. The third kappa shape index (κ3) is 2.36. The van der Waals surface area contributed by atoms with Crippen LogP contribution in [0.3, 0.4) is 0 Å². The van der Waals surface area contributed by atoms with Gasteiger partial charge in [0, 0.05) is 25.0 Å². The van der Waals surface area contributed by atoms with E-state index in [1.54, 1.807) is 12.1 Å². The van der Waals surface area contributed by atoms with Gasteiger partial charge in [0.25, 0.3) is 6.43 Å². The van der Waals surface area contributed by atoms with Crippen LogP contribution in [0.4, 0.5) is 26.0 Å². The lowest BCUT2D eigenvalue weighted by Gasteiger charge is -2.13. The van der Waals surface area contributed by atoms with Gasteiger partial charge in [0.2, 0.25) is 5.82 Å². The fraction of sp³-hybridized carbons (Fsp3) is 0.267. The fourth-order valence-corrected chi connectivity index (χ4v) is 2.77. The van der Waals surface area contributed by atoms with Gasteiger partial charge in [-0.05, 0) is 36.2 Å². The fourth-order valence-electron chi connectivity index (χ4n) is 2.77. The standard InChI is InChI=1S/C15H14F2N6/c1-22-7-6-9-2-3-10(8-11(9)22)18-12-4-5-13-19-20-15(14(16)17)23(13)21-12/h2-5,8,14H,6-7H2,1H3,(H,18,21). The highest BCUT2D eigenvalue weighted by molar-refractivity contribution is 5.68. The molecule has 3 aromatic rings. The molecule has 0 amide bonds. The number of rotatable bonds is 3. The number of likely N-dealkylation sites (N-methyl/N-ethyl adjacent to an activating group) is 1. The number of fused-ring (bicyclic) bond motifs is 2. The highest BCUT2D eigenvalue weighted by Gasteiger charge is 2.18. The van der Waals surface area contributed by atoms with Crippen molar-refractivity contribution in [2.24, 2.45) is 0 Å². The van der Waals surface area contributed by atoms with Gasteiger partial charge in [-0.25, -0.2) is 8.78 Å². The highest BCUT2D eigenvalue weighted by atomic mass is 19.3. The lowest BCUT2D eigenvalue weighted by Crippen LogP contribution is -2.12. The summed E-state index contributed by atoms with van der Waals surface area (Å²) in [5, 5.41) is 14.4. The smallest absolute Gasteiger partial charge is 0.299 e. The van der Waals surface area contributed by atoms with Gasteiger partial charge < -0.3 is 10.2 Å². The van der Waals surface area contributed by atoms with E-state index in [9.17, 15) is 8.78 Å². The monoisotopic (exact) mass is 316 g/mol. The first-order valence-electron chi connectivity index (χ1n) is 7.23. The second-order valence-electron chi connectivity index (χ2n) is 5.49. The average molecular weight is 316 g/mol. The Morgan fingerprint density at radius 1 is 1.17 bits per heavy atom. The molecule has 1 aliphatic heterocycles. The zero-order chi connectivity index (χ0) is 16.0. The first-order chi connectivity index (χ1) is 11.1. The molecule has 0 fully saturated rings. The molecule has 0 saturated carbocycles. The van der Waals surface area contributed by atoms with Crippen LogP contribution >= 0.6 is 0 Å². The summed E-state index contributed by atoms with van der Waals surface area (Å²) >= 11 is 0. The first kappa shape index (κ1) is 13.9. The van der Waals surface area contributed by atoms with Crippen LogP contribution in [0.25, 0.3) is 5.65 Å². The SMILES string of the molecule is CN1CCc2ccc(Nc3ccc4nnc(C(F)F)n4n3)cc21. The molecule has 1 aromatic carbocycles. The van der Waals surface area contributed by atoms with Crippen molar-refractivity contribution < 1.29 is 8.78 Å². The molecular weight excluding hydrogens is 302 g/mol. The number of halogens is 2. The van der Waals surface area contributed by atoms with Crippen molar-refractivity contribution in [2.45, 2.75) is 12.8 Å². The van der Waals surface area contributed by atoms with E-state index in [0.717, 1.165) is 23.2 Å². The molecule has 8 heteroatoms. The van der Waals surface area contributed by atoms with Crippen LogP contribution in [0.2, 0.25) is 0 Å². The summed E-state index contributed by atoms with van der Waals surface area (Å²) in [5.74, 6) is -0.00265. The predicted molar refractivity (Wildman–Crippen MR) is 82.4 cm³/mol. The molecule has 0 unspecified atom stereocenters. The molecule has 0 spiro atoms. The number of nitrogens with one attached hydrogen (secondary N) is 1. The quantitative estimate of drug-likeness (QED) is 0.805. The maximum absolute atomic E-state index is 12.9. The van der Waals surface area contributed by atoms with Gasteiger partial charge in [-0.2, -0.15) is 4.52 Å². The predicted octanol–water partition coefficient (Wildman–Crippen LogP) is 2.80. The molecule has 6 nitrogen and oxygen atoms in total. The van der Waals surface area contributed by atoms with Crippen molar-refractivity contribution in [1.29, 1.82) is 0 Å². The molecular formula is C15H14F2N6. The van der Waals surface area contributed by atoms with Gasteiger partial charge in [0.05, 0.1) is 0 Å². The van der Waals surface area contributed by atoms with E-state index >= 15 is 0 Å². The molecule has 0 bridgehead atoms. The van der Waals surface area contributed by atoms with E-state index in [-0.39, 0.29) is 0 Å². The van der Waals surface area contributed by atoms with E-state index in [1.807, 2.05) is 19.2 Å². The molecule has 1 aliphatic rings. The number of aromatic nitrogens is 4. The average Bonchev–Trinajstić information content (AvgIpc) is 3.11. The summed E-state index contributed by atoms with van der Waals surface area (Å²) in [6.07, 6.45) is -1.68. The molecule has 0 saturated heterocycles. The number of nitrogens with zero attached hydrogens (tertiary/aromatic N) is 5. The molecule has 3 heterocycles. The van der Waals surface area contributed by atoms with Gasteiger partial charge in [0.15, 0.2) is 11.5 Å². The van der Waals surface area contributed by atoms with Crippen LogP contribution in [0, 0.1) is 0 Å². The van der Waals surface area contributed by atoms with E-state index < -0.39 is 12.2 Å². The second-order valence-corrected chi connectivity index (χ2v) is 5.49. The van der Waals surface area contributed by atoms with E-state index in [4.69, 9.17) is 0 Å². The normalized spacial score (nSPS) is 13.8. The Morgan fingerprint density at radius 2 is 2.04 bits per heavy atom. The molecule has 0 aliphatic carbocycles. The molecule has 0 atom stereocenters. The Morgan fingerprint density at radius 3 is 2.87 bits per heavy atom. The number of hydrogen-bond donors (Lipinski definition) is 1. The second kappa shape index (κ2) is 5.15. The van der Waals surface area contributed by atoms with Crippen molar-refractivity contribution in [3.8, 4) is 0 Å². The lowest BCUT2D eigenvalue weighted by atomic mass is 10.1. The van der Waals surface area contributed by atoms with E-state index in [0.29, 0.717) is 11.5 Å². The maximum Gasteiger partial charge on any atom is 0.299 e. The van der Waals surface area contributed by atoms with E-state index in [2.05, 4.69) is 31.6 Å². The zero-order valence-electron chi connectivity index (χ0n) is 12.4. The van der Waals surface area contributed by atoms with Crippen molar-refractivity contribution in [3.05, 3.63) is 41.7 Å². The Hall–Kier alpha value is -2.77. The molecule has 23 heavy (non-hydrogen) atoms. The lowest BCUT2D eigenvalue weighted by molar-refractivity contribution is 0.137. The van der Waals surface area contributed by atoms with Crippen molar-refractivity contribution in [3.63, 3.8) is 0 Å². The number of alkyl halides is 2. The summed E-state index contributed by atoms with van der Waals surface area (Å²) in [5.41, 5.74) is 3.63. The number of hydrogen-bond acceptors (Lipinski definition) is 5. The Bertz CT molecular complexity index is 876. The third-order valence-corrected chi connectivity index (χ3v) is 3.97. The van der Waals surface area contributed by atoms with Gasteiger partial charge in [-0.1, -0.05) is 6.07 Å². The van der Waals surface area contributed by atoms with Gasteiger partial charge in [-0.15, -0.1) is 15.3 Å². The van der Waals surface area contributed by atoms with Crippen LogP contribution in [-0.4, -0.2) is 33.4 Å². The largest absolute Gasteiger partial charge is 0.374 e. The summed E-state index contributed by atoms with van der Waals surface area (Å²) in [4.78, 5) is 2.19. The van der Waals surface area contributed by atoms with Crippen LogP contribution in [0.15, 0.2) is 30.3 Å². The molecule has 0 radical (unpaired) electrons. The molecule has 118 valence electrons. The summed E-state index contributed by atoms with van der Waals surface area (Å²) < 4.78 is 26.8. The zero-order valence-corrected chi connectivity index (χ0v) is 12.4. The van der Waals surface area contributed by atoms with Crippen LogP contribution < -0.4 is 10.2 Å². The molecule has 4 rings (SSSR count). The summed E-state index contributed by atoms with van der Waals surface area (Å²) in [7, 11) is 2.05.